The van der Waals surface area contributed by atoms with Gasteiger partial charge in [0.1, 0.15) is 12.2 Å². The van der Waals surface area contributed by atoms with Crippen LogP contribution in [-0.4, -0.2) is 75.0 Å². The van der Waals surface area contributed by atoms with Crippen LogP contribution in [0, 0.1) is 5.92 Å². The van der Waals surface area contributed by atoms with Gasteiger partial charge in [-0.25, -0.2) is 0 Å². The Hall–Kier alpha value is 0.190. The van der Waals surface area contributed by atoms with E-state index in [0.717, 1.165) is 22.8 Å². The molecule has 3 saturated heterocycles. The minimum Gasteiger partial charge on any atom is -0.385 e. The van der Waals surface area contributed by atoms with Gasteiger partial charge in [0, 0.05) is 17.7 Å². The third-order valence-corrected chi connectivity index (χ3v) is 7.35. The van der Waals surface area contributed by atoms with Crippen molar-refractivity contribution < 1.29 is 34.3 Å². The average molecular weight is 559 g/mol. The van der Waals surface area contributed by atoms with Crippen molar-refractivity contribution in [2.24, 2.45) is 5.92 Å². The summed E-state index contributed by atoms with van der Waals surface area (Å²) in [6, 6.07) is 0. The Labute approximate surface area is 196 Å². The fourth-order valence-corrected chi connectivity index (χ4v) is 5.84. The molecule has 0 amide bonds. The zero-order chi connectivity index (χ0) is 22.2. The molecule has 3 N–H and O–H groups in total. The molecule has 3 heterocycles. The molecule has 9 heteroatoms. The Morgan fingerprint density at radius 2 is 2.00 bits per heavy atom. The molecule has 3 aliphatic heterocycles. The molecule has 7 nitrogen and oxygen atoms in total. The lowest BCUT2D eigenvalue weighted by Gasteiger charge is -2.47. The summed E-state index contributed by atoms with van der Waals surface area (Å²) < 4.78 is 18.8. The quantitative estimate of drug-likeness (QED) is 0.310. The van der Waals surface area contributed by atoms with Crippen LogP contribution in [0.25, 0.3) is 0 Å². The van der Waals surface area contributed by atoms with Gasteiger partial charge in [-0.05, 0) is 58.3 Å². The van der Waals surface area contributed by atoms with Crippen molar-refractivity contribution in [3.8, 4) is 0 Å². The molecule has 3 fully saturated rings. The highest BCUT2D eigenvalue weighted by molar-refractivity contribution is 14.1. The van der Waals surface area contributed by atoms with Crippen LogP contribution in [0.3, 0.4) is 0 Å². The number of ketones is 1. The van der Waals surface area contributed by atoms with Crippen molar-refractivity contribution in [1.82, 2.24) is 0 Å². The van der Waals surface area contributed by atoms with Crippen LogP contribution in [0.2, 0.25) is 0 Å². The van der Waals surface area contributed by atoms with Gasteiger partial charge in [-0.15, -0.1) is 11.6 Å². The van der Waals surface area contributed by atoms with Gasteiger partial charge in [0.05, 0.1) is 24.4 Å². The molecule has 0 aliphatic carbocycles. The molecule has 0 radical (unpaired) electrons. The summed E-state index contributed by atoms with van der Waals surface area (Å²) in [5.41, 5.74) is 0. The Kier molecular flexibility index (Phi) is 8.27. The second kappa shape index (κ2) is 9.99. The first-order valence-electron chi connectivity index (χ1n) is 10.7. The molecule has 0 spiro atoms. The molecule has 0 aromatic carbocycles. The molecule has 0 aromatic rings. The molecule has 172 valence electrons. The van der Waals surface area contributed by atoms with Gasteiger partial charge in [0.15, 0.2) is 11.9 Å². The van der Waals surface area contributed by atoms with Crippen molar-refractivity contribution in [1.29, 1.82) is 0 Å². The minimum atomic E-state index is -2.42. The van der Waals surface area contributed by atoms with Crippen LogP contribution in [0.4, 0.5) is 0 Å². The van der Waals surface area contributed by atoms with Crippen molar-refractivity contribution >= 4 is 40.0 Å². The maximum absolute atomic E-state index is 12.5. The van der Waals surface area contributed by atoms with Gasteiger partial charge in [-0.2, -0.15) is 0 Å². The standard InChI is InChI=1S/C21H32ClIO7/c1-4-13-6-8-15-16(28-13)11(3)17-18(29-15)20(26)21(27,30-17)19(25)14(24)7-5-12(22)9-10(2)23/h11-13,15-20,25-27H,2,4-9H2,1,3H3. The summed E-state index contributed by atoms with van der Waals surface area (Å²) in [5.74, 6) is -3.23. The van der Waals surface area contributed by atoms with Crippen LogP contribution < -0.4 is 0 Å². The number of aliphatic hydroxyl groups excluding tert-OH is 2. The summed E-state index contributed by atoms with van der Waals surface area (Å²) >= 11 is 8.25. The Morgan fingerprint density at radius 1 is 1.30 bits per heavy atom. The zero-order valence-corrected chi connectivity index (χ0v) is 20.3. The van der Waals surface area contributed by atoms with Gasteiger partial charge in [-0.3, -0.25) is 4.79 Å². The number of fused-ring (bicyclic) bond motifs is 2. The monoisotopic (exact) mass is 558 g/mol. The summed E-state index contributed by atoms with van der Waals surface area (Å²) in [5, 5.41) is 32.0. The molecule has 0 saturated carbocycles. The third-order valence-electron chi connectivity index (χ3n) is 6.54. The van der Waals surface area contributed by atoms with Gasteiger partial charge in [-0.1, -0.05) is 20.4 Å². The molecule has 3 rings (SSSR count). The van der Waals surface area contributed by atoms with Gasteiger partial charge in [0.25, 0.3) is 0 Å². The van der Waals surface area contributed by atoms with E-state index >= 15 is 0 Å². The fraction of sp³-hybridized carbons (Fsp3) is 0.857. The molecular weight excluding hydrogens is 527 g/mol. The van der Waals surface area contributed by atoms with Crippen molar-refractivity contribution in [3.63, 3.8) is 0 Å². The number of alkyl halides is 1. The first-order valence-corrected chi connectivity index (χ1v) is 12.2. The molecular formula is C21H32ClIO7. The molecule has 10 unspecified atom stereocenters. The maximum Gasteiger partial charge on any atom is 0.229 e. The third kappa shape index (κ3) is 4.90. The van der Waals surface area contributed by atoms with Gasteiger partial charge < -0.3 is 29.5 Å². The number of allylic oxidation sites excluding steroid dienone is 1. The number of carbonyl (C=O) groups excluding carboxylic acids is 1. The topological polar surface area (TPSA) is 105 Å². The van der Waals surface area contributed by atoms with Gasteiger partial charge >= 0.3 is 0 Å². The zero-order valence-electron chi connectivity index (χ0n) is 17.4. The fourth-order valence-electron chi connectivity index (χ4n) is 4.75. The van der Waals surface area contributed by atoms with Crippen molar-refractivity contribution in [2.75, 3.05) is 0 Å². The number of aliphatic hydroxyl groups is 3. The van der Waals surface area contributed by atoms with E-state index in [4.69, 9.17) is 25.8 Å². The number of ether oxygens (including phenoxy) is 3. The van der Waals surface area contributed by atoms with E-state index in [0.29, 0.717) is 12.8 Å². The van der Waals surface area contributed by atoms with E-state index in [1.165, 1.54) is 0 Å². The van der Waals surface area contributed by atoms with E-state index in [9.17, 15) is 20.1 Å². The maximum atomic E-state index is 12.5. The average Bonchev–Trinajstić information content (AvgIpc) is 2.97. The number of rotatable bonds is 8. The SMILES string of the molecule is C=C(I)CC(Cl)CCC(=O)C(O)C1(O)OC2C(C)C3OC(CC)CCC3OC2C1O. The molecule has 30 heavy (non-hydrogen) atoms. The van der Waals surface area contributed by atoms with Crippen LogP contribution in [0.15, 0.2) is 10.2 Å². The van der Waals surface area contributed by atoms with Crippen molar-refractivity contribution in [3.05, 3.63) is 10.2 Å². The van der Waals surface area contributed by atoms with Gasteiger partial charge in [0.2, 0.25) is 5.79 Å². The highest BCUT2D eigenvalue weighted by Gasteiger charge is 2.64. The first kappa shape index (κ1) is 24.8. The highest BCUT2D eigenvalue weighted by Crippen LogP contribution is 2.45. The number of halogens is 2. The summed E-state index contributed by atoms with van der Waals surface area (Å²) in [7, 11) is 0. The van der Waals surface area contributed by atoms with Crippen LogP contribution in [0.5, 0.6) is 0 Å². The Balaban J connectivity index is 1.67. The van der Waals surface area contributed by atoms with Crippen LogP contribution >= 0.6 is 34.2 Å². The predicted molar refractivity (Wildman–Crippen MR) is 120 cm³/mol. The van der Waals surface area contributed by atoms with E-state index in [-0.39, 0.29) is 36.0 Å². The highest BCUT2D eigenvalue weighted by atomic mass is 127. The van der Waals surface area contributed by atoms with Crippen LogP contribution in [0.1, 0.15) is 52.4 Å². The van der Waals surface area contributed by atoms with E-state index in [1.807, 2.05) is 6.92 Å². The summed E-state index contributed by atoms with van der Waals surface area (Å²) in [4.78, 5) is 12.5. The smallest absolute Gasteiger partial charge is 0.229 e. The molecule has 0 bridgehead atoms. The Morgan fingerprint density at radius 3 is 2.63 bits per heavy atom. The van der Waals surface area contributed by atoms with Crippen molar-refractivity contribution in [2.45, 2.75) is 106 Å². The lowest BCUT2D eigenvalue weighted by atomic mass is 9.82. The van der Waals surface area contributed by atoms with E-state index in [2.05, 4.69) is 36.1 Å². The normalized spacial score (nSPS) is 42.8. The number of hydrogen-bond acceptors (Lipinski definition) is 7. The summed E-state index contributed by atoms with van der Waals surface area (Å²) in [6.45, 7) is 7.78. The number of Topliss-reactive ketones (excluding diaryl/α,β-unsaturated/α-hetero) is 1. The van der Waals surface area contributed by atoms with E-state index in [1.54, 1.807) is 0 Å². The second-order valence-corrected chi connectivity index (χ2v) is 10.9. The largest absolute Gasteiger partial charge is 0.385 e. The van der Waals surface area contributed by atoms with E-state index < -0.39 is 36.0 Å². The number of carbonyl (C=O) groups is 1. The lowest BCUT2D eigenvalue weighted by Crippen LogP contribution is -2.58. The first-order chi connectivity index (χ1) is 14.1. The second-order valence-electron chi connectivity index (χ2n) is 8.71. The summed E-state index contributed by atoms with van der Waals surface area (Å²) in [6.07, 6.45) is -1.86. The molecule has 10 atom stereocenters. The minimum absolute atomic E-state index is 0.0457. The predicted octanol–water partition coefficient (Wildman–Crippen LogP) is 2.45. The Bertz CT molecular complexity index is 649. The number of hydrogen-bond donors (Lipinski definition) is 3. The molecule has 0 aromatic heterocycles. The molecule has 3 aliphatic rings. The van der Waals surface area contributed by atoms with Crippen LogP contribution in [-0.2, 0) is 19.0 Å². The lowest BCUT2D eigenvalue weighted by molar-refractivity contribution is -0.279.